The summed E-state index contributed by atoms with van der Waals surface area (Å²) in [5.41, 5.74) is 2.06. The Bertz CT molecular complexity index is 1570. The van der Waals surface area contributed by atoms with Crippen molar-refractivity contribution in [1.82, 2.24) is 24.0 Å². The van der Waals surface area contributed by atoms with Gasteiger partial charge in [-0.2, -0.15) is 8.70 Å². The van der Waals surface area contributed by atoms with Crippen LogP contribution < -0.4 is 15.4 Å². The number of hydrogen-bond donors (Lipinski definition) is 2. The lowest BCUT2D eigenvalue weighted by atomic mass is 10.1. The summed E-state index contributed by atoms with van der Waals surface area (Å²) in [5, 5.41) is 6.35. The first-order chi connectivity index (χ1) is 17.8. The van der Waals surface area contributed by atoms with Crippen molar-refractivity contribution in [3.8, 4) is 17.0 Å². The molecule has 0 saturated carbocycles. The SMILES string of the molecule is CCc1cc(Nc2nccn3c(-c4ccc(OC)c(F)c4F)cnc23)ccc1S(=O)(=O)N1CCNCC1. The van der Waals surface area contributed by atoms with Crippen molar-refractivity contribution in [1.29, 1.82) is 0 Å². The van der Waals surface area contributed by atoms with Crippen LogP contribution in [0.15, 0.2) is 53.8 Å². The van der Waals surface area contributed by atoms with E-state index in [2.05, 4.69) is 20.6 Å². The maximum absolute atomic E-state index is 14.8. The molecule has 2 aromatic carbocycles. The van der Waals surface area contributed by atoms with E-state index in [0.29, 0.717) is 61.0 Å². The van der Waals surface area contributed by atoms with E-state index in [1.165, 1.54) is 35.9 Å². The number of fused-ring (bicyclic) bond motifs is 1. The van der Waals surface area contributed by atoms with Gasteiger partial charge in [-0.3, -0.25) is 4.40 Å². The number of halogens is 2. The average molecular weight is 529 g/mol. The van der Waals surface area contributed by atoms with Crippen molar-refractivity contribution in [2.45, 2.75) is 18.2 Å². The maximum Gasteiger partial charge on any atom is 0.243 e. The lowest BCUT2D eigenvalue weighted by molar-refractivity contribution is 0.360. The normalized spacial score (nSPS) is 14.7. The van der Waals surface area contributed by atoms with Gasteiger partial charge in [-0.05, 0) is 42.3 Å². The zero-order chi connectivity index (χ0) is 26.2. The van der Waals surface area contributed by atoms with Crippen molar-refractivity contribution in [3.05, 3.63) is 66.1 Å². The molecule has 2 aromatic heterocycles. The molecule has 2 N–H and O–H groups in total. The lowest BCUT2D eigenvalue weighted by Gasteiger charge is -2.27. The van der Waals surface area contributed by atoms with Gasteiger partial charge in [0.1, 0.15) is 0 Å². The highest BCUT2D eigenvalue weighted by atomic mass is 32.2. The van der Waals surface area contributed by atoms with E-state index < -0.39 is 21.7 Å². The smallest absolute Gasteiger partial charge is 0.243 e. The second-order valence-corrected chi connectivity index (χ2v) is 10.4. The molecular weight excluding hydrogens is 502 g/mol. The number of sulfonamides is 1. The Kier molecular flexibility index (Phi) is 6.80. The topological polar surface area (TPSA) is 101 Å². The van der Waals surface area contributed by atoms with E-state index in [9.17, 15) is 17.2 Å². The van der Waals surface area contributed by atoms with Crippen LogP contribution in [0.25, 0.3) is 16.9 Å². The number of rotatable bonds is 7. The molecule has 194 valence electrons. The molecule has 0 unspecified atom stereocenters. The van der Waals surface area contributed by atoms with Crippen LogP contribution in [-0.4, -0.2) is 60.4 Å². The molecule has 0 spiro atoms. The summed E-state index contributed by atoms with van der Waals surface area (Å²) in [7, 11) is -2.34. The van der Waals surface area contributed by atoms with Crippen molar-refractivity contribution in [2.75, 3.05) is 38.6 Å². The van der Waals surface area contributed by atoms with Gasteiger partial charge in [0.2, 0.25) is 15.8 Å². The number of aromatic nitrogens is 3. The van der Waals surface area contributed by atoms with Gasteiger partial charge in [0, 0.05) is 49.8 Å². The quantitative estimate of drug-likeness (QED) is 0.378. The number of imidazole rings is 1. The van der Waals surface area contributed by atoms with Gasteiger partial charge in [-0.25, -0.2) is 22.8 Å². The Morgan fingerprint density at radius 3 is 2.62 bits per heavy atom. The van der Waals surface area contributed by atoms with Crippen LogP contribution in [0.3, 0.4) is 0 Å². The number of nitrogens with zero attached hydrogens (tertiary/aromatic N) is 4. The number of piperazine rings is 1. The summed E-state index contributed by atoms with van der Waals surface area (Å²) >= 11 is 0. The first-order valence-corrected chi connectivity index (χ1v) is 13.2. The number of ether oxygens (including phenoxy) is 1. The molecule has 0 aliphatic carbocycles. The molecule has 0 radical (unpaired) electrons. The Balaban J connectivity index is 1.48. The lowest BCUT2D eigenvalue weighted by Crippen LogP contribution is -2.46. The van der Waals surface area contributed by atoms with Gasteiger partial charge < -0.3 is 15.4 Å². The summed E-state index contributed by atoms with van der Waals surface area (Å²) in [6.45, 7) is 4.00. The molecular formula is C25H26F2N6O3S. The summed E-state index contributed by atoms with van der Waals surface area (Å²) in [4.78, 5) is 9.02. The molecule has 1 saturated heterocycles. The van der Waals surface area contributed by atoms with Gasteiger partial charge in [-0.15, -0.1) is 0 Å². The van der Waals surface area contributed by atoms with Gasteiger partial charge in [0.25, 0.3) is 0 Å². The fourth-order valence-electron chi connectivity index (χ4n) is 4.44. The van der Waals surface area contributed by atoms with Crippen molar-refractivity contribution in [2.24, 2.45) is 0 Å². The fourth-order valence-corrected chi connectivity index (χ4v) is 6.16. The Morgan fingerprint density at radius 2 is 1.89 bits per heavy atom. The van der Waals surface area contributed by atoms with Crippen LogP contribution in [-0.2, 0) is 16.4 Å². The number of benzene rings is 2. The molecule has 1 aliphatic heterocycles. The zero-order valence-corrected chi connectivity index (χ0v) is 21.1. The first kappa shape index (κ1) is 25.1. The van der Waals surface area contributed by atoms with Crippen LogP contribution in [0, 0.1) is 11.6 Å². The van der Waals surface area contributed by atoms with E-state index in [0.717, 1.165) is 0 Å². The zero-order valence-electron chi connectivity index (χ0n) is 20.3. The second-order valence-electron chi connectivity index (χ2n) is 8.51. The van der Waals surface area contributed by atoms with Crippen molar-refractivity contribution >= 4 is 27.2 Å². The number of methoxy groups -OCH3 is 1. The van der Waals surface area contributed by atoms with Gasteiger partial charge >= 0.3 is 0 Å². The second kappa shape index (κ2) is 10.0. The molecule has 9 nitrogen and oxygen atoms in total. The molecule has 4 aromatic rings. The van der Waals surface area contributed by atoms with Crippen molar-refractivity contribution in [3.63, 3.8) is 0 Å². The molecule has 12 heteroatoms. The first-order valence-electron chi connectivity index (χ1n) is 11.8. The molecule has 1 fully saturated rings. The van der Waals surface area contributed by atoms with E-state index in [-0.39, 0.29) is 16.2 Å². The van der Waals surface area contributed by atoms with Crippen LogP contribution in [0.5, 0.6) is 5.75 Å². The monoisotopic (exact) mass is 528 g/mol. The minimum Gasteiger partial charge on any atom is -0.494 e. The highest BCUT2D eigenvalue weighted by molar-refractivity contribution is 7.89. The largest absolute Gasteiger partial charge is 0.494 e. The molecule has 0 atom stereocenters. The van der Waals surface area contributed by atoms with Crippen LogP contribution >= 0.6 is 0 Å². The van der Waals surface area contributed by atoms with Crippen LogP contribution in [0.1, 0.15) is 12.5 Å². The molecule has 1 aliphatic rings. The number of aryl methyl sites for hydroxylation is 1. The Morgan fingerprint density at radius 1 is 1.11 bits per heavy atom. The predicted molar refractivity (Wildman–Crippen MR) is 136 cm³/mol. The molecule has 37 heavy (non-hydrogen) atoms. The van der Waals surface area contributed by atoms with E-state index in [1.54, 1.807) is 28.8 Å². The van der Waals surface area contributed by atoms with E-state index >= 15 is 0 Å². The van der Waals surface area contributed by atoms with Gasteiger partial charge in [0.05, 0.1) is 23.9 Å². The van der Waals surface area contributed by atoms with Gasteiger partial charge in [0.15, 0.2) is 23.0 Å². The van der Waals surface area contributed by atoms with E-state index in [1.807, 2.05) is 6.92 Å². The highest BCUT2D eigenvalue weighted by Gasteiger charge is 2.28. The standard InChI is InChI=1S/C25H26F2N6O3S/c1-3-16-14-17(4-7-21(16)37(34,35)32-11-8-28-9-12-32)31-24-25-30-15-19(33(25)13-10-29-24)18-5-6-20(36-2)23(27)22(18)26/h4-7,10,13-15,28H,3,8-9,11-12H2,1-2H3,(H,29,31). The van der Waals surface area contributed by atoms with Gasteiger partial charge in [-0.1, -0.05) is 6.92 Å². The Hall–Kier alpha value is -3.61. The summed E-state index contributed by atoms with van der Waals surface area (Å²) in [6.07, 6.45) is 5.07. The molecule has 0 amide bonds. The number of nitrogens with one attached hydrogen (secondary N) is 2. The minimum absolute atomic E-state index is 0.0266. The predicted octanol–water partition coefficient (Wildman–Crippen LogP) is 3.58. The fraction of sp³-hybridized carbons (Fsp3) is 0.280. The van der Waals surface area contributed by atoms with Crippen LogP contribution in [0.4, 0.5) is 20.3 Å². The minimum atomic E-state index is -3.61. The number of anilines is 2. The molecule has 3 heterocycles. The third-order valence-electron chi connectivity index (χ3n) is 6.37. The summed E-state index contributed by atoms with van der Waals surface area (Å²) in [5.74, 6) is -1.93. The molecule has 0 bridgehead atoms. The number of hydrogen-bond acceptors (Lipinski definition) is 7. The summed E-state index contributed by atoms with van der Waals surface area (Å²) < 4.78 is 63.5. The maximum atomic E-state index is 14.8. The summed E-state index contributed by atoms with van der Waals surface area (Å²) in [6, 6.07) is 7.85. The Labute approximate surface area is 213 Å². The van der Waals surface area contributed by atoms with Crippen LogP contribution in [0.2, 0.25) is 0 Å². The highest BCUT2D eigenvalue weighted by Crippen LogP contribution is 2.32. The van der Waals surface area contributed by atoms with E-state index in [4.69, 9.17) is 4.74 Å². The third kappa shape index (κ3) is 4.52. The molecule has 5 rings (SSSR count). The average Bonchev–Trinajstić information content (AvgIpc) is 3.35. The van der Waals surface area contributed by atoms with Crippen molar-refractivity contribution < 1.29 is 21.9 Å². The third-order valence-corrected chi connectivity index (χ3v) is 8.37.